The molecule has 1 atom stereocenters. The molecule has 0 aliphatic rings. The molecule has 0 spiro atoms. The van der Waals surface area contributed by atoms with Gasteiger partial charge in [0.2, 0.25) is 0 Å². The van der Waals surface area contributed by atoms with Gasteiger partial charge in [0.05, 0.1) is 0 Å². The molecule has 2 aromatic carbocycles. The summed E-state index contributed by atoms with van der Waals surface area (Å²) in [5.41, 5.74) is 8.79. The molecule has 0 heterocycles. The molecule has 1 unspecified atom stereocenters. The topological polar surface area (TPSA) is 29.3 Å². The summed E-state index contributed by atoms with van der Waals surface area (Å²) in [6, 6.07) is 18.9. The van der Waals surface area contributed by atoms with E-state index in [4.69, 9.17) is 5.73 Å². The number of benzene rings is 2. The molecule has 0 bridgehead atoms. The summed E-state index contributed by atoms with van der Waals surface area (Å²) < 4.78 is 1.18. The maximum atomic E-state index is 6.23. The van der Waals surface area contributed by atoms with Gasteiger partial charge in [-0.25, -0.2) is 0 Å². The summed E-state index contributed by atoms with van der Waals surface area (Å²) in [7, 11) is 2.16. The van der Waals surface area contributed by atoms with Crippen molar-refractivity contribution in [3.05, 3.63) is 70.2 Å². The van der Waals surface area contributed by atoms with Crippen molar-refractivity contribution >= 4 is 15.9 Å². The molecular weight excluding hydrogens is 324 g/mol. The fraction of sp³-hybridized carbons (Fsp3) is 0.333. The van der Waals surface area contributed by atoms with Crippen LogP contribution in [0.3, 0.4) is 0 Å². The molecule has 2 nitrogen and oxygen atoms in total. The second-order valence-electron chi connectivity index (χ2n) is 5.49. The molecule has 3 heteroatoms. The van der Waals surface area contributed by atoms with Crippen LogP contribution in [0.5, 0.6) is 0 Å². The minimum absolute atomic E-state index is 0.142. The highest BCUT2D eigenvalue weighted by Gasteiger charge is 2.07. The first-order valence-corrected chi connectivity index (χ1v) is 8.18. The molecule has 0 fully saturated rings. The highest BCUT2D eigenvalue weighted by atomic mass is 79.9. The van der Waals surface area contributed by atoms with E-state index in [1.54, 1.807) is 0 Å². The van der Waals surface area contributed by atoms with Crippen LogP contribution in [0.15, 0.2) is 59.1 Å². The number of hydrogen-bond donors (Lipinski definition) is 1. The van der Waals surface area contributed by atoms with E-state index in [-0.39, 0.29) is 6.04 Å². The van der Waals surface area contributed by atoms with Gasteiger partial charge >= 0.3 is 0 Å². The fourth-order valence-electron chi connectivity index (χ4n) is 2.44. The van der Waals surface area contributed by atoms with Crippen LogP contribution >= 0.6 is 15.9 Å². The Morgan fingerprint density at radius 1 is 1.05 bits per heavy atom. The Hall–Kier alpha value is -1.16. The summed E-state index contributed by atoms with van der Waals surface area (Å²) in [6.45, 7) is 2.02. The number of rotatable bonds is 7. The Bertz CT molecular complexity index is 542. The van der Waals surface area contributed by atoms with Crippen molar-refractivity contribution in [1.82, 2.24) is 4.90 Å². The molecule has 0 saturated heterocycles. The van der Waals surface area contributed by atoms with Crippen molar-refractivity contribution in [1.29, 1.82) is 0 Å². The van der Waals surface area contributed by atoms with Crippen LogP contribution in [0.2, 0.25) is 0 Å². The lowest BCUT2D eigenvalue weighted by Crippen LogP contribution is -2.21. The maximum absolute atomic E-state index is 6.23. The minimum Gasteiger partial charge on any atom is -0.324 e. The van der Waals surface area contributed by atoms with Gasteiger partial charge in [0.15, 0.2) is 0 Å². The summed E-state index contributed by atoms with van der Waals surface area (Å²) in [5, 5.41) is 0. The van der Waals surface area contributed by atoms with Crippen molar-refractivity contribution in [3.63, 3.8) is 0 Å². The lowest BCUT2D eigenvalue weighted by molar-refractivity contribution is 0.314. The SMILES string of the molecule is CN(CCCC(N)c1ccccc1)Cc1ccccc1Br. The van der Waals surface area contributed by atoms with Gasteiger partial charge in [-0.3, -0.25) is 0 Å². The fourth-order valence-corrected chi connectivity index (χ4v) is 2.85. The first-order valence-electron chi connectivity index (χ1n) is 7.39. The first-order chi connectivity index (χ1) is 10.2. The zero-order valence-corrected chi connectivity index (χ0v) is 14.1. The highest BCUT2D eigenvalue weighted by Crippen LogP contribution is 2.18. The zero-order valence-electron chi connectivity index (χ0n) is 12.5. The molecule has 0 saturated carbocycles. The van der Waals surface area contributed by atoms with Gasteiger partial charge < -0.3 is 10.6 Å². The lowest BCUT2D eigenvalue weighted by Gasteiger charge is -2.19. The molecule has 112 valence electrons. The summed E-state index contributed by atoms with van der Waals surface area (Å²) in [5.74, 6) is 0. The second-order valence-corrected chi connectivity index (χ2v) is 6.34. The summed E-state index contributed by atoms with van der Waals surface area (Å²) in [6.07, 6.45) is 2.13. The Morgan fingerprint density at radius 3 is 2.43 bits per heavy atom. The largest absolute Gasteiger partial charge is 0.324 e. The Morgan fingerprint density at radius 2 is 1.71 bits per heavy atom. The lowest BCUT2D eigenvalue weighted by atomic mass is 10.0. The monoisotopic (exact) mass is 346 g/mol. The first kappa shape index (κ1) is 16.2. The van der Waals surface area contributed by atoms with Gasteiger partial charge in [-0.1, -0.05) is 64.5 Å². The number of halogens is 1. The third kappa shape index (κ3) is 5.27. The highest BCUT2D eigenvalue weighted by molar-refractivity contribution is 9.10. The van der Waals surface area contributed by atoms with Crippen molar-refractivity contribution in [2.75, 3.05) is 13.6 Å². The zero-order chi connectivity index (χ0) is 15.1. The quantitative estimate of drug-likeness (QED) is 0.806. The third-order valence-electron chi connectivity index (χ3n) is 3.68. The molecule has 0 aromatic heterocycles. The van der Waals surface area contributed by atoms with Crippen LogP contribution in [0.1, 0.15) is 30.0 Å². The number of hydrogen-bond acceptors (Lipinski definition) is 2. The van der Waals surface area contributed by atoms with Gasteiger partial charge in [0, 0.05) is 17.1 Å². The van der Waals surface area contributed by atoms with Gasteiger partial charge in [-0.15, -0.1) is 0 Å². The van der Waals surface area contributed by atoms with E-state index in [2.05, 4.69) is 58.2 Å². The molecular formula is C18H23BrN2. The van der Waals surface area contributed by atoms with Gasteiger partial charge in [-0.05, 0) is 43.6 Å². The van der Waals surface area contributed by atoms with Crippen LogP contribution in [0.25, 0.3) is 0 Å². The second kappa shape index (κ2) is 8.32. The minimum atomic E-state index is 0.142. The van der Waals surface area contributed by atoms with E-state index in [0.717, 1.165) is 25.9 Å². The summed E-state index contributed by atoms with van der Waals surface area (Å²) in [4.78, 5) is 2.35. The average Bonchev–Trinajstić information content (AvgIpc) is 2.50. The Labute approximate surface area is 136 Å². The molecule has 0 aliphatic carbocycles. The van der Waals surface area contributed by atoms with Gasteiger partial charge in [-0.2, -0.15) is 0 Å². The van der Waals surface area contributed by atoms with Crippen LogP contribution in [0.4, 0.5) is 0 Å². The normalized spacial score (nSPS) is 12.6. The van der Waals surface area contributed by atoms with Crippen LogP contribution in [-0.4, -0.2) is 18.5 Å². The number of nitrogens with zero attached hydrogens (tertiary/aromatic N) is 1. The molecule has 0 amide bonds. The predicted octanol–water partition coefficient (Wildman–Crippen LogP) is 4.36. The van der Waals surface area contributed by atoms with E-state index in [0.29, 0.717) is 0 Å². The van der Waals surface area contributed by atoms with Crippen molar-refractivity contribution < 1.29 is 0 Å². The van der Waals surface area contributed by atoms with Crippen LogP contribution in [0, 0.1) is 0 Å². The third-order valence-corrected chi connectivity index (χ3v) is 4.45. The number of nitrogens with two attached hydrogens (primary N) is 1. The van der Waals surface area contributed by atoms with Gasteiger partial charge in [0.1, 0.15) is 0 Å². The van der Waals surface area contributed by atoms with E-state index in [9.17, 15) is 0 Å². The van der Waals surface area contributed by atoms with E-state index in [1.165, 1.54) is 15.6 Å². The van der Waals surface area contributed by atoms with Crippen molar-refractivity contribution in [2.45, 2.75) is 25.4 Å². The van der Waals surface area contributed by atoms with E-state index >= 15 is 0 Å². The average molecular weight is 347 g/mol. The molecule has 2 aromatic rings. The smallest absolute Gasteiger partial charge is 0.0295 e. The Balaban J connectivity index is 1.75. The van der Waals surface area contributed by atoms with Crippen molar-refractivity contribution in [2.24, 2.45) is 5.73 Å². The van der Waals surface area contributed by atoms with Gasteiger partial charge in [0.25, 0.3) is 0 Å². The van der Waals surface area contributed by atoms with Crippen molar-refractivity contribution in [3.8, 4) is 0 Å². The maximum Gasteiger partial charge on any atom is 0.0295 e. The molecule has 21 heavy (non-hydrogen) atoms. The van der Waals surface area contributed by atoms with Crippen LogP contribution in [-0.2, 0) is 6.54 Å². The van der Waals surface area contributed by atoms with E-state index < -0.39 is 0 Å². The molecule has 2 rings (SSSR count). The molecule has 2 N–H and O–H groups in total. The van der Waals surface area contributed by atoms with Crippen LogP contribution < -0.4 is 5.73 Å². The van der Waals surface area contributed by atoms with E-state index in [1.807, 2.05) is 24.3 Å². The summed E-state index contributed by atoms with van der Waals surface area (Å²) >= 11 is 3.60. The molecule has 0 aliphatic heterocycles. The predicted molar refractivity (Wildman–Crippen MR) is 93.1 cm³/mol. The standard InChI is InChI=1S/C18H23BrN2/c1-21(14-16-10-5-6-11-17(16)19)13-7-12-18(20)15-8-3-2-4-9-15/h2-6,8-11,18H,7,12-14,20H2,1H3. The Kier molecular flexibility index (Phi) is 6.43. The molecule has 0 radical (unpaired) electrons.